The van der Waals surface area contributed by atoms with Gasteiger partial charge in [0.1, 0.15) is 19.3 Å². The van der Waals surface area contributed by atoms with E-state index in [2.05, 4.69) is 55.4 Å². The highest BCUT2D eigenvalue weighted by atomic mass is 31.2. The Morgan fingerprint density at radius 2 is 0.457 bits per heavy atom. The van der Waals surface area contributed by atoms with Gasteiger partial charge in [-0.25, -0.2) is 9.13 Å². The first-order valence-electron chi connectivity index (χ1n) is 44.3. The molecule has 7 atom stereocenters. The zero-order valence-corrected chi connectivity index (χ0v) is 71.2. The highest BCUT2D eigenvalue weighted by Gasteiger charge is 2.31. The molecule has 0 aromatic carbocycles. The minimum Gasteiger partial charge on any atom is -0.462 e. The first-order valence-corrected chi connectivity index (χ1v) is 47.3. The van der Waals surface area contributed by atoms with Crippen molar-refractivity contribution in [3.8, 4) is 0 Å². The molecule has 0 amide bonds. The second-order valence-electron chi connectivity index (χ2n) is 32.4. The van der Waals surface area contributed by atoms with Crippen LogP contribution in [-0.2, 0) is 65.4 Å². The quantitative estimate of drug-likeness (QED) is 0.0222. The number of phosphoric ester groups is 2. The van der Waals surface area contributed by atoms with Crippen molar-refractivity contribution in [3.63, 3.8) is 0 Å². The predicted molar refractivity (Wildman–Crippen MR) is 432 cm³/mol. The minimum atomic E-state index is -4.97. The molecule has 624 valence electrons. The SMILES string of the molecule is CCC(C)CCCCCCCCCCCCCCCCCCCCC(=O)OC[C@H](COP(=O)(O)OC[C@@H](O)COP(=O)(O)OC[C@@H](COC(=O)CCCCCCCCC(C)C)OC(=O)CCCCCCCCCCCCCCCCC(C)CC)OC(=O)CCCCCCCCCCCCCCCC(C)C. The molecule has 0 saturated carbocycles. The summed E-state index contributed by atoms with van der Waals surface area (Å²) in [6.45, 7) is 14.3. The van der Waals surface area contributed by atoms with Gasteiger partial charge < -0.3 is 33.8 Å². The van der Waals surface area contributed by atoms with Crippen LogP contribution in [0.4, 0.5) is 0 Å². The van der Waals surface area contributed by atoms with E-state index in [4.69, 9.17) is 37.0 Å². The third kappa shape index (κ3) is 77.2. The summed E-state index contributed by atoms with van der Waals surface area (Å²) < 4.78 is 68.8. The van der Waals surface area contributed by atoms with Gasteiger partial charge in [0, 0.05) is 25.7 Å². The van der Waals surface area contributed by atoms with Gasteiger partial charge in [0.25, 0.3) is 0 Å². The van der Waals surface area contributed by atoms with E-state index in [0.29, 0.717) is 31.6 Å². The lowest BCUT2D eigenvalue weighted by Crippen LogP contribution is -2.30. The van der Waals surface area contributed by atoms with E-state index in [9.17, 15) is 43.2 Å². The van der Waals surface area contributed by atoms with Crippen LogP contribution < -0.4 is 0 Å². The van der Waals surface area contributed by atoms with Crippen LogP contribution in [0.1, 0.15) is 447 Å². The Labute approximate surface area is 645 Å². The van der Waals surface area contributed by atoms with Crippen LogP contribution in [0.15, 0.2) is 0 Å². The molecule has 0 rings (SSSR count). The molecule has 3 N–H and O–H groups in total. The number of rotatable bonds is 83. The number of hydrogen-bond donors (Lipinski definition) is 3. The Hall–Kier alpha value is -1.94. The summed E-state index contributed by atoms with van der Waals surface area (Å²) in [6, 6.07) is 0. The molecule has 0 bridgehead atoms. The number of ether oxygens (including phenoxy) is 4. The fourth-order valence-electron chi connectivity index (χ4n) is 13.3. The van der Waals surface area contributed by atoms with Gasteiger partial charge in [0.2, 0.25) is 0 Å². The molecule has 4 unspecified atom stereocenters. The molecule has 0 heterocycles. The van der Waals surface area contributed by atoms with E-state index in [1.807, 2.05) is 0 Å². The summed E-state index contributed by atoms with van der Waals surface area (Å²) in [4.78, 5) is 73.2. The van der Waals surface area contributed by atoms with Crippen molar-refractivity contribution < 1.29 is 80.2 Å². The van der Waals surface area contributed by atoms with Gasteiger partial charge in [-0.2, -0.15) is 0 Å². The first kappa shape index (κ1) is 103. The van der Waals surface area contributed by atoms with Gasteiger partial charge in [-0.3, -0.25) is 37.3 Å². The molecule has 0 saturated heterocycles. The summed E-state index contributed by atoms with van der Waals surface area (Å²) >= 11 is 0. The number of carbonyl (C=O) groups is 4. The normalized spacial score (nSPS) is 14.4. The monoisotopic (exact) mass is 1540 g/mol. The summed E-state index contributed by atoms with van der Waals surface area (Å²) in [7, 11) is -9.93. The maximum atomic E-state index is 13.1. The molecular formula is C86H168O17P2. The molecule has 0 radical (unpaired) electrons. The zero-order valence-electron chi connectivity index (χ0n) is 69.4. The summed E-state index contributed by atoms with van der Waals surface area (Å²) in [6.07, 6.45) is 64.0. The van der Waals surface area contributed by atoms with Crippen LogP contribution >= 0.6 is 15.6 Å². The van der Waals surface area contributed by atoms with Crippen LogP contribution in [0.3, 0.4) is 0 Å². The van der Waals surface area contributed by atoms with Crippen LogP contribution in [0.2, 0.25) is 0 Å². The van der Waals surface area contributed by atoms with E-state index in [-0.39, 0.29) is 25.7 Å². The standard InChI is InChI=1S/C86H168O17P2/c1-9-78(7)64-56-48-39-33-27-21-15-13-11-12-14-16-23-29-35-41-50-58-66-83(88)96-72-81(102-85(90)69-61-53-43-37-31-25-19-20-26-32-38-46-54-62-76(3)4)74-100-104(92,93)98-70-80(87)71-99-105(94,95)101-75-82(73-97-84(89)67-59-51-45-44-47-55-63-77(5)6)103-86(91)68-60-52-42-36-30-24-18-17-22-28-34-40-49-57-65-79(8)10-2/h76-82,87H,9-75H2,1-8H3,(H,92,93)(H,94,95)/t78?,79?,80-,81-,82-/m1/s1. The smallest absolute Gasteiger partial charge is 0.462 e. The fourth-order valence-corrected chi connectivity index (χ4v) is 14.8. The second kappa shape index (κ2) is 74.8. The molecule has 0 aromatic rings. The van der Waals surface area contributed by atoms with E-state index in [1.165, 1.54) is 244 Å². The highest BCUT2D eigenvalue weighted by Crippen LogP contribution is 2.45. The molecule has 17 nitrogen and oxygen atoms in total. The summed E-state index contributed by atoms with van der Waals surface area (Å²) in [5, 5.41) is 10.7. The first-order chi connectivity index (χ1) is 50.7. The van der Waals surface area contributed by atoms with Gasteiger partial charge >= 0.3 is 39.5 Å². The van der Waals surface area contributed by atoms with Crippen molar-refractivity contribution in [2.45, 2.75) is 465 Å². The Balaban J connectivity index is 5.19. The van der Waals surface area contributed by atoms with Crippen LogP contribution in [0.25, 0.3) is 0 Å². The van der Waals surface area contributed by atoms with Crippen molar-refractivity contribution in [2.24, 2.45) is 23.7 Å². The minimum absolute atomic E-state index is 0.106. The maximum Gasteiger partial charge on any atom is 0.472 e. The molecule has 0 spiro atoms. The third-order valence-corrected chi connectivity index (χ3v) is 22.7. The van der Waals surface area contributed by atoms with Crippen LogP contribution in [-0.4, -0.2) is 96.7 Å². The summed E-state index contributed by atoms with van der Waals surface area (Å²) in [5.74, 6) is 1.08. The number of hydrogen-bond acceptors (Lipinski definition) is 15. The van der Waals surface area contributed by atoms with Crippen LogP contribution in [0.5, 0.6) is 0 Å². The molecule has 0 aliphatic heterocycles. The van der Waals surface area contributed by atoms with Crippen molar-refractivity contribution in [1.82, 2.24) is 0 Å². The second-order valence-corrected chi connectivity index (χ2v) is 35.3. The number of unbranched alkanes of at least 4 members (excludes halogenated alkanes) is 47. The van der Waals surface area contributed by atoms with Crippen molar-refractivity contribution in [2.75, 3.05) is 39.6 Å². The number of phosphoric acid groups is 2. The van der Waals surface area contributed by atoms with Gasteiger partial charge in [-0.15, -0.1) is 0 Å². The van der Waals surface area contributed by atoms with Crippen LogP contribution in [0, 0.1) is 23.7 Å². The van der Waals surface area contributed by atoms with E-state index in [0.717, 1.165) is 114 Å². The summed E-state index contributed by atoms with van der Waals surface area (Å²) in [5.41, 5.74) is 0. The average Bonchev–Trinajstić information content (AvgIpc) is 0.924. The molecule has 0 aliphatic rings. The zero-order chi connectivity index (χ0) is 77.4. The Morgan fingerprint density at radius 1 is 0.267 bits per heavy atom. The molecule has 19 heteroatoms. The van der Waals surface area contributed by atoms with Gasteiger partial charge in [-0.1, -0.05) is 396 Å². The number of carbonyl (C=O) groups excluding carboxylic acids is 4. The van der Waals surface area contributed by atoms with Crippen molar-refractivity contribution in [1.29, 1.82) is 0 Å². The molecule has 0 aliphatic carbocycles. The van der Waals surface area contributed by atoms with Crippen molar-refractivity contribution >= 4 is 39.5 Å². The topological polar surface area (TPSA) is 237 Å². The van der Waals surface area contributed by atoms with Gasteiger partial charge in [0.15, 0.2) is 12.2 Å². The maximum absolute atomic E-state index is 13.1. The molecular weight excluding hydrogens is 1370 g/mol. The van der Waals surface area contributed by atoms with Gasteiger partial charge in [-0.05, 0) is 49.4 Å². The number of aliphatic hydroxyl groups excluding tert-OH is 1. The Bertz CT molecular complexity index is 2050. The lowest BCUT2D eigenvalue weighted by Gasteiger charge is -2.21. The Kier molecular flexibility index (Phi) is 73.4. The Morgan fingerprint density at radius 3 is 0.676 bits per heavy atom. The fraction of sp³-hybridized carbons (Fsp3) is 0.953. The highest BCUT2D eigenvalue weighted by molar-refractivity contribution is 7.47. The van der Waals surface area contributed by atoms with E-state index >= 15 is 0 Å². The largest absolute Gasteiger partial charge is 0.472 e. The number of aliphatic hydroxyl groups is 1. The predicted octanol–water partition coefficient (Wildman–Crippen LogP) is 25.9. The molecule has 105 heavy (non-hydrogen) atoms. The van der Waals surface area contributed by atoms with Crippen molar-refractivity contribution in [3.05, 3.63) is 0 Å². The average molecular weight is 1540 g/mol. The van der Waals surface area contributed by atoms with E-state index < -0.39 is 97.5 Å². The molecule has 0 fully saturated rings. The van der Waals surface area contributed by atoms with Gasteiger partial charge in [0.05, 0.1) is 26.4 Å². The lowest BCUT2D eigenvalue weighted by molar-refractivity contribution is -0.161. The lowest BCUT2D eigenvalue weighted by atomic mass is 9.99. The number of esters is 4. The van der Waals surface area contributed by atoms with E-state index in [1.54, 1.807) is 0 Å². The third-order valence-electron chi connectivity index (χ3n) is 20.8. The molecule has 0 aromatic heterocycles.